The average Bonchev–Trinajstić information content (AvgIpc) is 2.37. The lowest BCUT2D eigenvalue weighted by molar-refractivity contribution is -0.118. The van der Waals surface area contributed by atoms with Gasteiger partial charge in [-0.25, -0.2) is 0 Å². The molecule has 0 bridgehead atoms. The van der Waals surface area contributed by atoms with Crippen molar-refractivity contribution in [1.29, 1.82) is 0 Å². The van der Waals surface area contributed by atoms with Gasteiger partial charge in [0.1, 0.15) is 0 Å². The zero-order valence-electron chi connectivity index (χ0n) is 10.5. The zero-order chi connectivity index (χ0) is 13.4. The molecule has 1 atom stereocenters. The number of amides is 1. The fourth-order valence-corrected chi connectivity index (χ4v) is 2.45. The third kappa shape index (κ3) is 5.76. The van der Waals surface area contributed by atoms with Gasteiger partial charge in [-0.3, -0.25) is 4.79 Å². The number of nitrogens with one attached hydrogen (secondary N) is 1. The molecule has 0 saturated heterocycles. The molecular weight excluding hydrogens is 268 g/mol. The van der Waals surface area contributed by atoms with Crippen LogP contribution in [-0.4, -0.2) is 24.0 Å². The van der Waals surface area contributed by atoms with Crippen LogP contribution < -0.4 is 11.1 Å². The van der Waals surface area contributed by atoms with Crippen LogP contribution in [0.5, 0.6) is 0 Å². The van der Waals surface area contributed by atoms with Crippen molar-refractivity contribution in [2.75, 3.05) is 18.1 Å². The Labute approximate surface area is 117 Å². The van der Waals surface area contributed by atoms with E-state index in [1.54, 1.807) is 11.8 Å². The molecule has 100 valence electrons. The molecule has 1 aromatic rings. The SMILES string of the molecule is CC(CN)CSCC(=O)NCc1ccccc1Cl. The predicted octanol–water partition coefficient (Wildman–Crippen LogP) is 2.28. The van der Waals surface area contributed by atoms with E-state index in [0.717, 1.165) is 11.3 Å². The summed E-state index contributed by atoms with van der Waals surface area (Å²) in [7, 11) is 0. The molecule has 1 unspecified atom stereocenters. The van der Waals surface area contributed by atoms with Crippen LogP contribution in [0.2, 0.25) is 5.02 Å². The van der Waals surface area contributed by atoms with E-state index in [1.165, 1.54) is 0 Å². The van der Waals surface area contributed by atoms with Crippen molar-refractivity contribution >= 4 is 29.3 Å². The van der Waals surface area contributed by atoms with Gasteiger partial charge in [0.15, 0.2) is 0 Å². The van der Waals surface area contributed by atoms with Crippen molar-refractivity contribution in [2.45, 2.75) is 13.5 Å². The minimum absolute atomic E-state index is 0.0316. The Kier molecular flexibility index (Phi) is 7.16. The summed E-state index contributed by atoms with van der Waals surface area (Å²) in [6, 6.07) is 7.51. The van der Waals surface area contributed by atoms with Crippen LogP contribution in [0.3, 0.4) is 0 Å². The van der Waals surface area contributed by atoms with Crippen LogP contribution in [-0.2, 0) is 11.3 Å². The maximum absolute atomic E-state index is 11.6. The molecule has 0 heterocycles. The first-order valence-electron chi connectivity index (χ1n) is 5.91. The highest BCUT2D eigenvalue weighted by molar-refractivity contribution is 7.99. The van der Waals surface area contributed by atoms with Gasteiger partial charge in [-0.2, -0.15) is 11.8 Å². The predicted molar refractivity (Wildman–Crippen MR) is 78.8 cm³/mol. The lowest BCUT2D eigenvalue weighted by Gasteiger charge is -2.09. The van der Waals surface area contributed by atoms with E-state index < -0.39 is 0 Å². The van der Waals surface area contributed by atoms with Crippen molar-refractivity contribution in [3.05, 3.63) is 34.9 Å². The number of benzene rings is 1. The minimum Gasteiger partial charge on any atom is -0.351 e. The summed E-state index contributed by atoms with van der Waals surface area (Å²) in [5, 5.41) is 3.54. The second kappa shape index (κ2) is 8.40. The van der Waals surface area contributed by atoms with Gasteiger partial charge in [0.05, 0.1) is 5.75 Å². The van der Waals surface area contributed by atoms with Gasteiger partial charge in [-0.15, -0.1) is 0 Å². The van der Waals surface area contributed by atoms with E-state index in [4.69, 9.17) is 17.3 Å². The molecule has 0 aromatic heterocycles. The number of hydrogen-bond acceptors (Lipinski definition) is 3. The third-order valence-corrected chi connectivity index (χ3v) is 4.11. The smallest absolute Gasteiger partial charge is 0.230 e. The maximum Gasteiger partial charge on any atom is 0.230 e. The maximum atomic E-state index is 11.6. The van der Waals surface area contributed by atoms with E-state index in [0.29, 0.717) is 29.8 Å². The van der Waals surface area contributed by atoms with Crippen molar-refractivity contribution < 1.29 is 4.79 Å². The summed E-state index contributed by atoms with van der Waals surface area (Å²) in [5.41, 5.74) is 6.45. The fraction of sp³-hybridized carbons (Fsp3) is 0.462. The molecule has 0 aliphatic heterocycles. The fourth-order valence-electron chi connectivity index (χ4n) is 1.31. The topological polar surface area (TPSA) is 55.1 Å². The van der Waals surface area contributed by atoms with E-state index in [-0.39, 0.29) is 5.91 Å². The normalized spacial score (nSPS) is 12.2. The lowest BCUT2D eigenvalue weighted by Crippen LogP contribution is -2.25. The number of halogens is 1. The highest BCUT2D eigenvalue weighted by Gasteiger charge is 2.05. The first kappa shape index (κ1) is 15.3. The van der Waals surface area contributed by atoms with Gasteiger partial charge in [0, 0.05) is 11.6 Å². The Bertz CT molecular complexity index is 387. The summed E-state index contributed by atoms with van der Waals surface area (Å²) in [5.74, 6) is 1.86. The molecule has 1 rings (SSSR count). The van der Waals surface area contributed by atoms with E-state index >= 15 is 0 Å². The van der Waals surface area contributed by atoms with Crippen molar-refractivity contribution in [3.8, 4) is 0 Å². The average molecular weight is 287 g/mol. The number of thioether (sulfide) groups is 1. The van der Waals surface area contributed by atoms with Crippen LogP contribution in [0.25, 0.3) is 0 Å². The van der Waals surface area contributed by atoms with Crippen molar-refractivity contribution in [3.63, 3.8) is 0 Å². The second-order valence-electron chi connectivity index (χ2n) is 4.22. The van der Waals surface area contributed by atoms with Gasteiger partial charge in [0.2, 0.25) is 5.91 Å². The van der Waals surface area contributed by atoms with E-state index in [1.807, 2.05) is 24.3 Å². The molecule has 1 aromatic carbocycles. The summed E-state index contributed by atoms with van der Waals surface area (Å²) < 4.78 is 0. The quantitative estimate of drug-likeness (QED) is 0.809. The molecule has 0 aliphatic carbocycles. The molecule has 0 radical (unpaired) electrons. The molecular formula is C13H19ClN2OS. The Morgan fingerprint density at radius 2 is 2.22 bits per heavy atom. The molecule has 5 heteroatoms. The molecule has 0 saturated carbocycles. The molecule has 18 heavy (non-hydrogen) atoms. The molecule has 0 fully saturated rings. The van der Waals surface area contributed by atoms with Gasteiger partial charge in [-0.05, 0) is 29.8 Å². The molecule has 3 N–H and O–H groups in total. The van der Waals surface area contributed by atoms with Gasteiger partial charge < -0.3 is 11.1 Å². The second-order valence-corrected chi connectivity index (χ2v) is 5.66. The van der Waals surface area contributed by atoms with Crippen LogP contribution in [0.15, 0.2) is 24.3 Å². The monoisotopic (exact) mass is 286 g/mol. The standard InChI is InChI=1S/C13H19ClN2OS/c1-10(6-15)8-18-9-13(17)16-7-11-4-2-3-5-12(11)14/h2-5,10H,6-9,15H2,1H3,(H,16,17). The third-order valence-electron chi connectivity index (χ3n) is 2.47. The zero-order valence-corrected chi connectivity index (χ0v) is 12.1. The van der Waals surface area contributed by atoms with Crippen LogP contribution in [0.4, 0.5) is 0 Å². The Morgan fingerprint density at radius 3 is 2.89 bits per heavy atom. The molecule has 0 aliphatic rings. The highest BCUT2D eigenvalue weighted by Crippen LogP contribution is 2.14. The van der Waals surface area contributed by atoms with Crippen LogP contribution in [0, 0.1) is 5.92 Å². The Balaban J connectivity index is 2.23. The van der Waals surface area contributed by atoms with Gasteiger partial charge in [0.25, 0.3) is 0 Å². The largest absolute Gasteiger partial charge is 0.351 e. The summed E-state index contributed by atoms with van der Waals surface area (Å²) in [6.45, 7) is 3.22. The molecule has 0 spiro atoms. The summed E-state index contributed by atoms with van der Waals surface area (Å²) in [6.07, 6.45) is 0. The Morgan fingerprint density at radius 1 is 1.50 bits per heavy atom. The highest BCUT2D eigenvalue weighted by atomic mass is 35.5. The van der Waals surface area contributed by atoms with E-state index in [2.05, 4.69) is 12.2 Å². The van der Waals surface area contributed by atoms with Crippen LogP contribution in [0.1, 0.15) is 12.5 Å². The van der Waals surface area contributed by atoms with Gasteiger partial charge in [-0.1, -0.05) is 36.7 Å². The first-order chi connectivity index (χ1) is 8.63. The lowest BCUT2D eigenvalue weighted by atomic mass is 10.2. The number of rotatable bonds is 7. The Hall–Kier alpha value is -0.710. The number of carbonyl (C=O) groups excluding carboxylic acids is 1. The minimum atomic E-state index is 0.0316. The number of carbonyl (C=O) groups is 1. The van der Waals surface area contributed by atoms with E-state index in [9.17, 15) is 4.79 Å². The summed E-state index contributed by atoms with van der Waals surface area (Å²) in [4.78, 5) is 11.6. The van der Waals surface area contributed by atoms with Crippen molar-refractivity contribution in [1.82, 2.24) is 5.32 Å². The molecule has 3 nitrogen and oxygen atoms in total. The first-order valence-corrected chi connectivity index (χ1v) is 7.44. The number of hydrogen-bond donors (Lipinski definition) is 2. The van der Waals surface area contributed by atoms with Crippen molar-refractivity contribution in [2.24, 2.45) is 11.7 Å². The summed E-state index contributed by atoms with van der Waals surface area (Å²) >= 11 is 7.61. The molecule has 1 amide bonds. The van der Waals surface area contributed by atoms with Crippen LogP contribution >= 0.6 is 23.4 Å². The van der Waals surface area contributed by atoms with Gasteiger partial charge >= 0.3 is 0 Å². The number of nitrogens with two attached hydrogens (primary N) is 1.